The topological polar surface area (TPSA) is 66.0 Å². The van der Waals surface area contributed by atoms with E-state index in [-0.39, 0.29) is 5.92 Å². The molecule has 1 aliphatic heterocycles. The van der Waals surface area contributed by atoms with E-state index in [0.717, 1.165) is 38.2 Å². The van der Waals surface area contributed by atoms with E-state index in [0.29, 0.717) is 5.84 Å². The number of amidine groups is 1. The molecule has 0 atom stereocenters. The summed E-state index contributed by atoms with van der Waals surface area (Å²) in [6.07, 6.45) is 5.53. The summed E-state index contributed by atoms with van der Waals surface area (Å²) in [6, 6.07) is 4.39. The highest BCUT2D eigenvalue weighted by molar-refractivity contribution is 5.79. The van der Waals surface area contributed by atoms with Gasteiger partial charge < -0.3 is 10.6 Å². The van der Waals surface area contributed by atoms with E-state index < -0.39 is 0 Å². The highest BCUT2D eigenvalue weighted by atomic mass is 15.2. The summed E-state index contributed by atoms with van der Waals surface area (Å²) >= 11 is 0. The monoisotopic (exact) mass is 244 g/mol. The minimum Gasteiger partial charge on any atom is -0.387 e. The van der Waals surface area contributed by atoms with Crippen LogP contribution in [0.1, 0.15) is 30.5 Å². The van der Waals surface area contributed by atoms with Gasteiger partial charge in [0.15, 0.2) is 0 Å². The van der Waals surface area contributed by atoms with Gasteiger partial charge in [-0.25, -0.2) is 4.98 Å². The maximum Gasteiger partial charge on any atom is 0.128 e. The Balaban J connectivity index is 1.71. The molecule has 0 aromatic carbocycles. The molecule has 0 bridgehead atoms. The van der Waals surface area contributed by atoms with Gasteiger partial charge in [0.1, 0.15) is 5.82 Å². The zero-order valence-corrected chi connectivity index (χ0v) is 10.7. The van der Waals surface area contributed by atoms with Crippen molar-refractivity contribution in [3.8, 4) is 0 Å². The molecule has 0 radical (unpaired) electrons. The van der Waals surface area contributed by atoms with Gasteiger partial charge in [-0.05, 0) is 43.7 Å². The van der Waals surface area contributed by atoms with Crippen molar-refractivity contribution >= 4 is 11.7 Å². The third-order valence-electron chi connectivity index (χ3n) is 4.17. The molecule has 96 valence electrons. The average molecular weight is 244 g/mol. The lowest BCUT2D eigenvalue weighted by Crippen LogP contribution is -2.38. The van der Waals surface area contributed by atoms with Crippen LogP contribution in [0.15, 0.2) is 12.1 Å². The first kappa shape index (κ1) is 11.5. The molecule has 3 rings (SSSR count). The molecule has 4 nitrogen and oxygen atoms in total. The molecular formula is C14H20N4. The molecule has 0 spiro atoms. The van der Waals surface area contributed by atoms with Crippen LogP contribution >= 0.6 is 0 Å². The van der Waals surface area contributed by atoms with Crippen LogP contribution in [-0.4, -0.2) is 23.9 Å². The molecule has 1 fully saturated rings. The molecule has 1 aromatic rings. The number of aromatic nitrogens is 1. The van der Waals surface area contributed by atoms with E-state index in [1.807, 2.05) is 0 Å². The maximum atomic E-state index is 7.50. The molecule has 2 aliphatic rings. The van der Waals surface area contributed by atoms with Gasteiger partial charge in [-0.1, -0.05) is 6.07 Å². The summed E-state index contributed by atoms with van der Waals surface area (Å²) in [5.41, 5.74) is 8.30. The van der Waals surface area contributed by atoms with Crippen LogP contribution in [0.5, 0.6) is 0 Å². The van der Waals surface area contributed by atoms with E-state index in [4.69, 9.17) is 16.1 Å². The van der Waals surface area contributed by atoms with Crippen LogP contribution in [0.4, 0.5) is 5.82 Å². The molecule has 18 heavy (non-hydrogen) atoms. The van der Waals surface area contributed by atoms with Gasteiger partial charge in [-0.15, -0.1) is 0 Å². The van der Waals surface area contributed by atoms with Crippen LogP contribution in [0.2, 0.25) is 0 Å². The molecular weight excluding hydrogens is 224 g/mol. The van der Waals surface area contributed by atoms with Gasteiger partial charge in [0.25, 0.3) is 0 Å². The number of hydrogen-bond donors (Lipinski definition) is 2. The van der Waals surface area contributed by atoms with Crippen molar-refractivity contribution in [1.29, 1.82) is 5.41 Å². The summed E-state index contributed by atoms with van der Waals surface area (Å²) in [5, 5.41) is 7.50. The van der Waals surface area contributed by atoms with Crippen molar-refractivity contribution in [2.45, 2.75) is 32.1 Å². The number of rotatable bonds is 2. The lowest BCUT2D eigenvalue weighted by molar-refractivity contribution is 0.495. The number of pyridine rings is 1. The number of piperidine rings is 1. The van der Waals surface area contributed by atoms with Gasteiger partial charge in [0.05, 0.1) is 5.84 Å². The third-order valence-corrected chi connectivity index (χ3v) is 4.17. The number of nitrogens with zero attached hydrogens (tertiary/aromatic N) is 2. The number of nitrogens with one attached hydrogen (secondary N) is 1. The second-order valence-electron chi connectivity index (χ2n) is 5.35. The van der Waals surface area contributed by atoms with Crippen LogP contribution in [0.25, 0.3) is 0 Å². The summed E-state index contributed by atoms with van der Waals surface area (Å²) < 4.78 is 0. The van der Waals surface area contributed by atoms with E-state index in [1.165, 1.54) is 24.1 Å². The Hall–Kier alpha value is -1.58. The van der Waals surface area contributed by atoms with Crippen LogP contribution < -0.4 is 10.6 Å². The molecule has 0 unspecified atom stereocenters. The second kappa shape index (κ2) is 4.59. The lowest BCUT2D eigenvalue weighted by Gasteiger charge is -2.32. The van der Waals surface area contributed by atoms with E-state index >= 15 is 0 Å². The largest absolute Gasteiger partial charge is 0.387 e. The van der Waals surface area contributed by atoms with Crippen molar-refractivity contribution in [3.05, 3.63) is 23.4 Å². The second-order valence-corrected chi connectivity index (χ2v) is 5.35. The first-order chi connectivity index (χ1) is 8.74. The molecule has 4 heteroatoms. The third kappa shape index (κ3) is 2.07. The minimum atomic E-state index is 0.274. The predicted molar refractivity (Wildman–Crippen MR) is 73.1 cm³/mol. The Morgan fingerprint density at radius 2 is 2.06 bits per heavy atom. The Labute approximate surface area is 108 Å². The Kier molecular flexibility index (Phi) is 2.94. The normalized spacial score (nSPS) is 19.9. The summed E-state index contributed by atoms with van der Waals surface area (Å²) in [6.45, 7) is 1.94. The van der Waals surface area contributed by atoms with Crippen molar-refractivity contribution in [3.63, 3.8) is 0 Å². The van der Waals surface area contributed by atoms with Crippen LogP contribution in [0, 0.1) is 11.3 Å². The smallest absolute Gasteiger partial charge is 0.128 e. The summed E-state index contributed by atoms with van der Waals surface area (Å²) in [7, 11) is 0. The van der Waals surface area contributed by atoms with E-state index in [2.05, 4.69) is 17.0 Å². The summed E-state index contributed by atoms with van der Waals surface area (Å²) in [4.78, 5) is 7.12. The molecule has 0 amide bonds. The molecule has 1 aliphatic carbocycles. The average Bonchev–Trinajstić information content (AvgIpc) is 2.86. The fourth-order valence-corrected chi connectivity index (χ4v) is 3.00. The highest BCUT2D eigenvalue weighted by Gasteiger charge is 2.23. The number of anilines is 1. The zero-order valence-electron chi connectivity index (χ0n) is 10.7. The van der Waals surface area contributed by atoms with Crippen LogP contribution in [-0.2, 0) is 12.8 Å². The number of nitrogens with two attached hydrogens (primary N) is 1. The molecule has 1 aromatic heterocycles. The quantitative estimate of drug-likeness (QED) is 0.615. The molecule has 1 saturated heterocycles. The minimum absolute atomic E-state index is 0.274. The number of fused-ring (bicyclic) bond motifs is 1. The van der Waals surface area contributed by atoms with Crippen molar-refractivity contribution < 1.29 is 0 Å². The number of aryl methyl sites for hydroxylation is 2. The van der Waals surface area contributed by atoms with Crippen molar-refractivity contribution in [2.24, 2.45) is 11.7 Å². The fourth-order valence-electron chi connectivity index (χ4n) is 3.00. The van der Waals surface area contributed by atoms with E-state index in [1.54, 1.807) is 0 Å². The molecule has 3 N–H and O–H groups in total. The SMILES string of the molecule is N=C(N)C1CCN(c2ccc3c(n2)CCC3)CC1. The lowest BCUT2D eigenvalue weighted by atomic mass is 9.96. The van der Waals surface area contributed by atoms with E-state index in [9.17, 15) is 0 Å². The predicted octanol–water partition coefficient (Wildman–Crippen LogP) is 1.72. The van der Waals surface area contributed by atoms with Crippen molar-refractivity contribution in [1.82, 2.24) is 4.98 Å². The van der Waals surface area contributed by atoms with Crippen LogP contribution in [0.3, 0.4) is 0 Å². The van der Waals surface area contributed by atoms with Gasteiger partial charge in [0.2, 0.25) is 0 Å². The van der Waals surface area contributed by atoms with Gasteiger partial charge in [0, 0.05) is 24.7 Å². The standard InChI is InChI=1S/C14H20N4/c15-14(16)11-6-8-18(9-7-11)13-5-4-10-2-1-3-12(10)17-13/h4-5,11H,1-3,6-9H2,(H3,15,16). The Morgan fingerprint density at radius 1 is 1.28 bits per heavy atom. The molecule has 0 saturated carbocycles. The Morgan fingerprint density at radius 3 is 2.78 bits per heavy atom. The fraction of sp³-hybridized carbons (Fsp3) is 0.571. The Bertz CT molecular complexity index is 461. The highest BCUT2D eigenvalue weighted by Crippen LogP contribution is 2.26. The first-order valence-electron chi connectivity index (χ1n) is 6.81. The maximum absolute atomic E-state index is 7.50. The van der Waals surface area contributed by atoms with Crippen molar-refractivity contribution in [2.75, 3.05) is 18.0 Å². The van der Waals surface area contributed by atoms with Gasteiger partial charge in [-0.2, -0.15) is 0 Å². The zero-order chi connectivity index (χ0) is 12.5. The van der Waals surface area contributed by atoms with Gasteiger partial charge in [-0.3, -0.25) is 5.41 Å². The molecule has 2 heterocycles. The number of hydrogen-bond acceptors (Lipinski definition) is 3. The summed E-state index contributed by atoms with van der Waals surface area (Å²) in [5.74, 6) is 1.73. The first-order valence-corrected chi connectivity index (χ1v) is 6.81. The van der Waals surface area contributed by atoms with Gasteiger partial charge >= 0.3 is 0 Å².